The summed E-state index contributed by atoms with van der Waals surface area (Å²) < 4.78 is 16.6. The predicted octanol–water partition coefficient (Wildman–Crippen LogP) is 4.12. The van der Waals surface area contributed by atoms with Gasteiger partial charge in [-0.05, 0) is 35.7 Å². The molecule has 4 rings (SSSR count). The highest BCUT2D eigenvalue weighted by Crippen LogP contribution is 2.31. The van der Waals surface area contributed by atoms with Crippen molar-refractivity contribution in [1.29, 1.82) is 0 Å². The van der Waals surface area contributed by atoms with Crippen LogP contribution in [0.2, 0.25) is 0 Å². The molecule has 0 saturated carbocycles. The Morgan fingerprint density at radius 3 is 2.35 bits per heavy atom. The fourth-order valence-electron chi connectivity index (χ4n) is 2.96. The van der Waals surface area contributed by atoms with E-state index >= 15 is 0 Å². The number of hydrogen-bond acceptors (Lipinski definition) is 4. The van der Waals surface area contributed by atoms with E-state index < -0.39 is 0 Å². The van der Waals surface area contributed by atoms with Crippen LogP contribution >= 0.6 is 0 Å². The summed E-state index contributed by atoms with van der Waals surface area (Å²) in [6.07, 6.45) is 0. The quantitative estimate of drug-likeness (QED) is 0.523. The van der Waals surface area contributed by atoms with E-state index in [1.54, 1.807) is 32.4 Å². The van der Waals surface area contributed by atoms with Gasteiger partial charge in [-0.2, -0.15) is 0 Å². The third kappa shape index (κ3) is 1.95. The first-order chi connectivity index (χ1) is 11.2. The summed E-state index contributed by atoms with van der Waals surface area (Å²) in [5, 5.41) is 2.81. The molecule has 1 aromatic heterocycles. The average Bonchev–Trinajstić information content (AvgIpc) is 2.59. The van der Waals surface area contributed by atoms with Gasteiger partial charge in [0.1, 0.15) is 28.1 Å². The molecule has 4 heteroatoms. The van der Waals surface area contributed by atoms with Gasteiger partial charge in [-0.15, -0.1) is 0 Å². The molecule has 114 valence electrons. The van der Waals surface area contributed by atoms with Crippen LogP contribution in [0.25, 0.3) is 32.7 Å². The molecule has 0 spiro atoms. The highest BCUT2D eigenvalue weighted by molar-refractivity contribution is 6.02. The monoisotopic (exact) mass is 306 g/mol. The van der Waals surface area contributed by atoms with Crippen LogP contribution in [-0.2, 0) is 0 Å². The second kappa shape index (κ2) is 5.02. The Kier molecular flexibility index (Phi) is 2.98. The molecule has 0 unspecified atom stereocenters. The Balaban J connectivity index is 2.22. The Morgan fingerprint density at radius 1 is 0.826 bits per heavy atom. The SMILES string of the molecule is COc1cccc2cc3oc4cccc(OC)c4c(=O)c3cc12. The molecule has 4 aromatic rings. The molecule has 0 aliphatic carbocycles. The molecule has 1 heterocycles. The lowest BCUT2D eigenvalue weighted by atomic mass is 10.0. The number of benzene rings is 3. The predicted molar refractivity (Wildman–Crippen MR) is 90.6 cm³/mol. The van der Waals surface area contributed by atoms with E-state index in [4.69, 9.17) is 13.9 Å². The fraction of sp³-hybridized carbons (Fsp3) is 0.105. The molecule has 0 atom stereocenters. The molecule has 0 fully saturated rings. The molecule has 0 amide bonds. The largest absolute Gasteiger partial charge is 0.496 e. The van der Waals surface area contributed by atoms with Gasteiger partial charge < -0.3 is 13.9 Å². The Hall–Kier alpha value is -3.01. The molecule has 0 aliphatic heterocycles. The molecule has 0 radical (unpaired) electrons. The van der Waals surface area contributed by atoms with Gasteiger partial charge in [0.15, 0.2) is 0 Å². The number of methoxy groups -OCH3 is 2. The van der Waals surface area contributed by atoms with Gasteiger partial charge in [0.2, 0.25) is 5.43 Å². The minimum absolute atomic E-state index is 0.105. The Bertz CT molecular complexity index is 1100. The second-order valence-corrected chi connectivity index (χ2v) is 5.29. The number of hydrogen-bond donors (Lipinski definition) is 0. The molecule has 4 nitrogen and oxygen atoms in total. The van der Waals surface area contributed by atoms with E-state index in [1.807, 2.05) is 30.3 Å². The van der Waals surface area contributed by atoms with Crippen LogP contribution in [0.4, 0.5) is 0 Å². The van der Waals surface area contributed by atoms with E-state index in [-0.39, 0.29) is 5.43 Å². The van der Waals surface area contributed by atoms with E-state index in [9.17, 15) is 4.79 Å². The van der Waals surface area contributed by atoms with Crippen LogP contribution < -0.4 is 14.9 Å². The average molecular weight is 306 g/mol. The third-order valence-electron chi connectivity index (χ3n) is 4.06. The maximum atomic E-state index is 12.9. The van der Waals surface area contributed by atoms with E-state index in [2.05, 4.69) is 0 Å². The normalized spacial score (nSPS) is 11.2. The van der Waals surface area contributed by atoms with Crippen molar-refractivity contribution in [2.24, 2.45) is 0 Å². The summed E-state index contributed by atoms with van der Waals surface area (Å²) >= 11 is 0. The molecule has 0 N–H and O–H groups in total. The minimum atomic E-state index is -0.105. The molecular weight excluding hydrogens is 292 g/mol. The number of fused-ring (bicyclic) bond motifs is 3. The smallest absolute Gasteiger partial charge is 0.204 e. The van der Waals surface area contributed by atoms with Crippen molar-refractivity contribution in [3.63, 3.8) is 0 Å². The van der Waals surface area contributed by atoms with Crippen molar-refractivity contribution in [1.82, 2.24) is 0 Å². The second-order valence-electron chi connectivity index (χ2n) is 5.29. The van der Waals surface area contributed by atoms with Crippen molar-refractivity contribution in [2.45, 2.75) is 0 Å². The summed E-state index contributed by atoms with van der Waals surface area (Å²) in [5.41, 5.74) is 0.965. The van der Waals surface area contributed by atoms with Crippen LogP contribution in [0, 0.1) is 0 Å². The van der Waals surface area contributed by atoms with Gasteiger partial charge >= 0.3 is 0 Å². The zero-order valence-electron chi connectivity index (χ0n) is 12.8. The van der Waals surface area contributed by atoms with Crippen LogP contribution in [-0.4, -0.2) is 14.2 Å². The minimum Gasteiger partial charge on any atom is -0.496 e. The van der Waals surface area contributed by atoms with Crippen molar-refractivity contribution < 1.29 is 13.9 Å². The highest BCUT2D eigenvalue weighted by Gasteiger charge is 2.13. The fourth-order valence-corrected chi connectivity index (χ4v) is 2.96. The lowest BCUT2D eigenvalue weighted by molar-refractivity contribution is 0.419. The van der Waals surface area contributed by atoms with Crippen LogP contribution in [0.1, 0.15) is 0 Å². The van der Waals surface area contributed by atoms with Gasteiger partial charge in [-0.1, -0.05) is 18.2 Å². The molecule has 3 aromatic carbocycles. The van der Waals surface area contributed by atoms with Gasteiger partial charge in [0.05, 0.1) is 19.6 Å². The first-order valence-corrected chi connectivity index (χ1v) is 7.23. The molecule has 0 saturated heterocycles. The lowest BCUT2D eigenvalue weighted by Gasteiger charge is -2.08. The van der Waals surface area contributed by atoms with Gasteiger partial charge in [-0.25, -0.2) is 0 Å². The maximum Gasteiger partial charge on any atom is 0.204 e. The topological polar surface area (TPSA) is 48.7 Å². The summed E-state index contributed by atoms with van der Waals surface area (Å²) in [6, 6.07) is 14.8. The summed E-state index contributed by atoms with van der Waals surface area (Å²) in [4.78, 5) is 12.9. The number of rotatable bonds is 2. The highest BCUT2D eigenvalue weighted by atomic mass is 16.5. The summed E-state index contributed by atoms with van der Waals surface area (Å²) in [6.45, 7) is 0. The van der Waals surface area contributed by atoms with E-state index in [1.165, 1.54) is 0 Å². The van der Waals surface area contributed by atoms with Crippen LogP contribution in [0.15, 0.2) is 57.7 Å². The van der Waals surface area contributed by atoms with Gasteiger partial charge in [0, 0.05) is 5.39 Å². The molecular formula is C19H14O4. The van der Waals surface area contributed by atoms with Gasteiger partial charge in [0.25, 0.3) is 0 Å². The third-order valence-corrected chi connectivity index (χ3v) is 4.06. The first-order valence-electron chi connectivity index (χ1n) is 7.23. The summed E-state index contributed by atoms with van der Waals surface area (Å²) in [5.74, 6) is 1.24. The Morgan fingerprint density at radius 2 is 1.57 bits per heavy atom. The zero-order chi connectivity index (χ0) is 16.0. The molecule has 23 heavy (non-hydrogen) atoms. The summed E-state index contributed by atoms with van der Waals surface area (Å²) in [7, 11) is 3.16. The Labute approximate surface area is 131 Å². The standard InChI is InChI=1S/C19H14O4/c1-21-14-6-3-5-11-9-17-13(10-12(11)14)19(20)18-15(22-2)7-4-8-16(18)23-17/h3-10H,1-2H3. The lowest BCUT2D eigenvalue weighted by Crippen LogP contribution is -2.04. The first kappa shape index (κ1) is 13.6. The van der Waals surface area contributed by atoms with Crippen molar-refractivity contribution >= 4 is 32.7 Å². The van der Waals surface area contributed by atoms with E-state index in [0.29, 0.717) is 27.7 Å². The van der Waals surface area contributed by atoms with Crippen LogP contribution in [0.5, 0.6) is 11.5 Å². The van der Waals surface area contributed by atoms with E-state index in [0.717, 1.165) is 16.5 Å². The van der Waals surface area contributed by atoms with Gasteiger partial charge in [-0.3, -0.25) is 4.79 Å². The molecule has 0 bridgehead atoms. The van der Waals surface area contributed by atoms with Crippen LogP contribution in [0.3, 0.4) is 0 Å². The number of ether oxygens (including phenoxy) is 2. The van der Waals surface area contributed by atoms with Crippen molar-refractivity contribution in [2.75, 3.05) is 14.2 Å². The van der Waals surface area contributed by atoms with Crippen molar-refractivity contribution in [3.8, 4) is 11.5 Å². The maximum absolute atomic E-state index is 12.9. The van der Waals surface area contributed by atoms with Crippen molar-refractivity contribution in [3.05, 3.63) is 58.8 Å². The zero-order valence-corrected chi connectivity index (χ0v) is 12.8. The molecule has 0 aliphatic rings.